The standard InChI is InChI=1S/C12H13N5O5S2/c1-13-24(19,20)17-11(18)10(16-21-2)8-5-3-4-6-9(8)22-12-14-7-15-23-12/h3-7,13H,1-2H3,(H,17,18)/b16-10+. The number of rotatable bonds is 7. The van der Waals surface area contributed by atoms with Gasteiger partial charge in [0.15, 0.2) is 5.71 Å². The molecule has 2 aromatic rings. The summed E-state index contributed by atoms with van der Waals surface area (Å²) < 4.78 is 36.1. The number of ether oxygens (including phenoxy) is 1. The molecule has 0 saturated carbocycles. The van der Waals surface area contributed by atoms with E-state index < -0.39 is 16.1 Å². The minimum absolute atomic E-state index is 0.221. The maximum Gasteiger partial charge on any atom is 0.301 e. The summed E-state index contributed by atoms with van der Waals surface area (Å²) in [5, 5.41) is 3.85. The number of hydrogen-bond acceptors (Lipinski definition) is 9. The minimum atomic E-state index is -4.00. The van der Waals surface area contributed by atoms with Crippen molar-refractivity contribution < 1.29 is 22.8 Å². The summed E-state index contributed by atoms with van der Waals surface area (Å²) in [7, 11) is -1.61. The van der Waals surface area contributed by atoms with Crippen molar-refractivity contribution in [3.8, 4) is 10.9 Å². The van der Waals surface area contributed by atoms with Gasteiger partial charge in [0.25, 0.3) is 11.1 Å². The highest BCUT2D eigenvalue weighted by Gasteiger charge is 2.23. The maximum atomic E-state index is 12.2. The Morgan fingerprint density at radius 3 is 2.71 bits per heavy atom. The number of oxime groups is 1. The third-order valence-corrected chi connectivity index (χ3v) is 4.11. The van der Waals surface area contributed by atoms with Crippen LogP contribution in [0.4, 0.5) is 0 Å². The third kappa shape index (κ3) is 4.47. The zero-order valence-corrected chi connectivity index (χ0v) is 14.2. The van der Waals surface area contributed by atoms with Crippen molar-refractivity contribution in [2.24, 2.45) is 5.16 Å². The molecule has 1 heterocycles. The number of amides is 1. The van der Waals surface area contributed by atoms with Gasteiger partial charge in [-0.1, -0.05) is 17.3 Å². The second-order valence-corrected chi connectivity index (χ2v) is 6.43. The first-order chi connectivity index (χ1) is 11.5. The van der Waals surface area contributed by atoms with E-state index >= 15 is 0 Å². The molecule has 0 bridgehead atoms. The molecule has 0 aliphatic rings. The lowest BCUT2D eigenvalue weighted by Crippen LogP contribution is -2.42. The van der Waals surface area contributed by atoms with E-state index in [1.54, 1.807) is 22.9 Å². The molecule has 0 aliphatic heterocycles. The van der Waals surface area contributed by atoms with Crippen LogP contribution >= 0.6 is 11.5 Å². The summed E-state index contributed by atoms with van der Waals surface area (Å²) in [5.41, 5.74) is -0.0604. The summed E-state index contributed by atoms with van der Waals surface area (Å²) in [5.74, 6) is -0.749. The molecule has 24 heavy (non-hydrogen) atoms. The molecule has 0 atom stereocenters. The fourth-order valence-corrected chi connectivity index (χ4v) is 2.43. The van der Waals surface area contributed by atoms with Gasteiger partial charge in [0, 0.05) is 18.6 Å². The van der Waals surface area contributed by atoms with Gasteiger partial charge in [-0.2, -0.15) is 17.8 Å². The van der Waals surface area contributed by atoms with Gasteiger partial charge in [0.05, 0.1) is 5.56 Å². The molecule has 12 heteroatoms. The molecule has 0 spiro atoms. The van der Waals surface area contributed by atoms with E-state index in [1.807, 2.05) is 4.72 Å². The molecule has 0 fully saturated rings. The van der Waals surface area contributed by atoms with Crippen LogP contribution in [0.3, 0.4) is 0 Å². The van der Waals surface area contributed by atoms with E-state index in [0.29, 0.717) is 0 Å². The van der Waals surface area contributed by atoms with Gasteiger partial charge >= 0.3 is 10.2 Å². The average Bonchev–Trinajstić information content (AvgIpc) is 3.06. The summed E-state index contributed by atoms with van der Waals surface area (Å²) in [4.78, 5) is 20.8. The first kappa shape index (κ1) is 17.8. The van der Waals surface area contributed by atoms with E-state index in [9.17, 15) is 13.2 Å². The SMILES string of the molecule is CNS(=O)(=O)NC(=O)/C(=N/OC)c1ccccc1Oc1ncns1. The number of nitrogens with one attached hydrogen (secondary N) is 2. The van der Waals surface area contributed by atoms with Crippen LogP contribution in [0, 0.1) is 0 Å². The highest BCUT2D eigenvalue weighted by atomic mass is 32.2. The molecule has 1 amide bonds. The van der Waals surface area contributed by atoms with Gasteiger partial charge in [-0.05, 0) is 12.1 Å². The normalized spacial score (nSPS) is 11.8. The molecule has 0 radical (unpaired) electrons. The molecule has 2 N–H and O–H groups in total. The molecule has 0 aliphatic carbocycles. The van der Waals surface area contributed by atoms with Crippen LogP contribution in [0.1, 0.15) is 5.56 Å². The molecule has 0 saturated heterocycles. The summed E-state index contributed by atoms with van der Waals surface area (Å²) in [6.45, 7) is 0. The Bertz CT molecular complexity index is 835. The predicted octanol–water partition coefficient (Wildman–Crippen LogP) is 0.261. The van der Waals surface area contributed by atoms with Gasteiger partial charge in [-0.15, -0.1) is 0 Å². The van der Waals surface area contributed by atoms with Crippen molar-refractivity contribution in [3.63, 3.8) is 0 Å². The van der Waals surface area contributed by atoms with Crippen molar-refractivity contribution in [1.29, 1.82) is 0 Å². The molecule has 1 aromatic heterocycles. The van der Waals surface area contributed by atoms with Gasteiger partial charge in [0.1, 0.15) is 19.2 Å². The van der Waals surface area contributed by atoms with Gasteiger partial charge in [-0.25, -0.2) is 9.44 Å². The summed E-state index contributed by atoms with van der Waals surface area (Å²) >= 11 is 1.01. The third-order valence-electron chi connectivity index (χ3n) is 2.57. The number of nitrogens with zero attached hydrogens (tertiary/aromatic N) is 3. The Kier molecular flexibility index (Phi) is 5.78. The Morgan fingerprint density at radius 2 is 2.08 bits per heavy atom. The smallest absolute Gasteiger partial charge is 0.301 e. The fraction of sp³-hybridized carbons (Fsp3) is 0.167. The average molecular weight is 371 g/mol. The van der Waals surface area contributed by atoms with Gasteiger partial charge in [-0.3, -0.25) is 4.79 Å². The quantitative estimate of drug-likeness (QED) is 0.527. The lowest BCUT2D eigenvalue weighted by molar-refractivity contribution is -0.113. The van der Waals surface area contributed by atoms with Crippen molar-refractivity contribution in [2.75, 3.05) is 14.2 Å². The molecule has 10 nitrogen and oxygen atoms in total. The minimum Gasteiger partial charge on any atom is -0.429 e. The van der Waals surface area contributed by atoms with E-state index in [0.717, 1.165) is 18.6 Å². The molecular weight excluding hydrogens is 358 g/mol. The Morgan fingerprint density at radius 1 is 1.33 bits per heavy atom. The molecular formula is C12H13N5O5S2. The topological polar surface area (TPSA) is 132 Å². The predicted molar refractivity (Wildman–Crippen MR) is 86.1 cm³/mol. The molecule has 0 unspecified atom stereocenters. The van der Waals surface area contributed by atoms with Crippen LogP contribution in [0.25, 0.3) is 0 Å². The van der Waals surface area contributed by atoms with Crippen LogP contribution in [-0.4, -0.2) is 43.6 Å². The second-order valence-electron chi connectivity index (χ2n) is 4.07. The number of carbonyl (C=O) groups is 1. The molecule has 2 rings (SSSR count). The van der Waals surface area contributed by atoms with Crippen molar-refractivity contribution >= 4 is 33.4 Å². The van der Waals surface area contributed by atoms with Crippen molar-refractivity contribution in [1.82, 2.24) is 18.8 Å². The maximum absolute atomic E-state index is 12.2. The van der Waals surface area contributed by atoms with Gasteiger partial charge < -0.3 is 9.57 Å². The number of aromatic nitrogens is 2. The van der Waals surface area contributed by atoms with Crippen LogP contribution in [0.15, 0.2) is 35.7 Å². The lowest BCUT2D eigenvalue weighted by Gasteiger charge is -2.11. The van der Waals surface area contributed by atoms with E-state index in [4.69, 9.17) is 4.74 Å². The number of para-hydroxylation sites is 1. The number of hydrogen-bond donors (Lipinski definition) is 2. The lowest BCUT2D eigenvalue weighted by atomic mass is 10.1. The molecule has 1 aromatic carbocycles. The Balaban J connectivity index is 2.38. The first-order valence-corrected chi connectivity index (χ1v) is 8.63. The van der Waals surface area contributed by atoms with E-state index in [1.165, 1.54) is 19.5 Å². The van der Waals surface area contributed by atoms with Gasteiger partial charge in [0.2, 0.25) is 0 Å². The number of benzene rings is 1. The fourth-order valence-electron chi connectivity index (χ4n) is 1.58. The number of carbonyl (C=O) groups excluding carboxylic acids is 1. The van der Waals surface area contributed by atoms with Crippen molar-refractivity contribution in [3.05, 3.63) is 36.2 Å². The highest BCUT2D eigenvalue weighted by Crippen LogP contribution is 2.26. The van der Waals surface area contributed by atoms with E-state index in [-0.39, 0.29) is 22.2 Å². The summed E-state index contributed by atoms with van der Waals surface area (Å²) in [6.07, 6.45) is 1.32. The largest absolute Gasteiger partial charge is 0.429 e. The Labute approximate surface area is 141 Å². The van der Waals surface area contributed by atoms with Crippen molar-refractivity contribution in [2.45, 2.75) is 0 Å². The van der Waals surface area contributed by atoms with Crippen LogP contribution < -0.4 is 14.2 Å². The second kappa shape index (κ2) is 7.81. The highest BCUT2D eigenvalue weighted by molar-refractivity contribution is 7.88. The monoisotopic (exact) mass is 371 g/mol. The summed E-state index contributed by atoms with van der Waals surface area (Å²) in [6, 6.07) is 6.40. The zero-order valence-electron chi connectivity index (χ0n) is 12.6. The van der Waals surface area contributed by atoms with Crippen LogP contribution in [-0.2, 0) is 19.8 Å². The molecule has 128 valence electrons. The van der Waals surface area contributed by atoms with Crippen LogP contribution in [0.5, 0.6) is 10.9 Å². The zero-order chi connectivity index (χ0) is 17.6. The first-order valence-electron chi connectivity index (χ1n) is 6.37. The van der Waals surface area contributed by atoms with E-state index in [2.05, 4.69) is 19.4 Å². The Hall–Kier alpha value is -2.57. The van der Waals surface area contributed by atoms with Crippen LogP contribution in [0.2, 0.25) is 0 Å².